The summed E-state index contributed by atoms with van der Waals surface area (Å²) in [5, 5.41) is 0. The first-order chi connectivity index (χ1) is 52.2. The Morgan fingerprint density at radius 3 is 0.873 bits per heavy atom. The lowest BCUT2D eigenvalue weighted by Gasteiger charge is -2.34. The third-order valence-electron chi connectivity index (χ3n) is 25.0. The molecule has 0 saturated carbocycles. The molecule has 14 heteroatoms. The van der Waals surface area contributed by atoms with Gasteiger partial charge in [-0.2, -0.15) is 0 Å². The van der Waals surface area contributed by atoms with Gasteiger partial charge in [0.15, 0.2) is 0 Å². The van der Waals surface area contributed by atoms with Gasteiger partial charge in [-0.3, -0.25) is 0 Å². The average Bonchev–Trinajstić information content (AvgIpc) is 1.53. The highest BCUT2D eigenvalue weighted by atomic mass is 16.7. The summed E-state index contributed by atoms with van der Waals surface area (Å²) < 4.78 is 65.1. The lowest BCUT2D eigenvalue weighted by atomic mass is 9.65. The topological polar surface area (TPSA) is 92.3 Å². The highest BCUT2D eigenvalue weighted by Crippen LogP contribution is 2.59. The second-order valence-electron chi connectivity index (χ2n) is 34.4. The summed E-state index contributed by atoms with van der Waals surface area (Å²) in [5.41, 5.74) is 15.1. The molecule has 0 radical (unpaired) electrons. The zero-order chi connectivity index (χ0) is 78.5. The fraction of sp³-hybridized carbons (Fsp3) is 0.396. The summed E-state index contributed by atoms with van der Waals surface area (Å²) in [4.78, 5) is 0. The van der Waals surface area contributed by atoms with Crippen molar-refractivity contribution in [2.75, 3.05) is 6.61 Å². The molecular weight excluding hydrogens is 1360 g/mol. The molecule has 4 aliphatic heterocycles. The predicted molar refractivity (Wildman–Crippen MR) is 449 cm³/mol. The van der Waals surface area contributed by atoms with Gasteiger partial charge >= 0.3 is 28.5 Å². The van der Waals surface area contributed by atoms with E-state index in [1.807, 2.05) is 12.1 Å². The molecule has 8 aromatic carbocycles. The van der Waals surface area contributed by atoms with Crippen molar-refractivity contribution in [3.8, 4) is 93.6 Å². The number of unbranched alkanes of at least 4 members (excludes halogenated alkanes) is 7. The van der Waals surface area contributed by atoms with E-state index in [2.05, 4.69) is 343 Å². The first-order valence-corrected chi connectivity index (χ1v) is 39.3. The van der Waals surface area contributed by atoms with Crippen LogP contribution in [0, 0.1) is 73.7 Å². The molecule has 0 bridgehead atoms. The van der Waals surface area contributed by atoms with Crippen LogP contribution in [0.3, 0.4) is 0 Å². The molecule has 110 heavy (non-hydrogen) atoms. The average molecular weight is 1460 g/mol. The maximum absolute atomic E-state index is 6.66. The predicted octanol–water partition coefficient (Wildman–Crippen LogP) is 17.4. The third kappa shape index (κ3) is 14.9. The monoisotopic (exact) mass is 1460 g/mol. The molecule has 4 saturated heterocycles. The van der Waals surface area contributed by atoms with Crippen LogP contribution in [0.2, 0.25) is 0 Å². The maximum atomic E-state index is 6.66. The highest BCUT2D eigenvalue weighted by Gasteiger charge is 2.58. The minimum absolute atomic E-state index is 0.428. The molecule has 0 N–H and O–H groups in total. The second kappa shape index (κ2) is 30.6. The Bertz CT molecular complexity index is 4790. The number of hydrogen-bond acceptors (Lipinski definition) is 10. The molecule has 14 rings (SSSR count). The van der Waals surface area contributed by atoms with Crippen LogP contribution in [-0.4, -0.2) is 79.9 Å². The molecule has 0 atom stereocenters. The van der Waals surface area contributed by atoms with Crippen LogP contribution in [0.25, 0.3) is 22.3 Å². The van der Waals surface area contributed by atoms with Gasteiger partial charge in [0.05, 0.1) is 62.2 Å². The van der Waals surface area contributed by atoms with Crippen LogP contribution < -0.4 is 31.3 Å². The third-order valence-corrected chi connectivity index (χ3v) is 25.0. The number of terminal acetylenes is 1. The Morgan fingerprint density at radius 2 is 0.573 bits per heavy atom. The fourth-order valence-electron chi connectivity index (χ4n) is 15.7. The molecule has 4 fully saturated rings. The minimum Gasteiger partial charge on any atom is -0.494 e. The van der Waals surface area contributed by atoms with E-state index in [1.165, 1.54) is 89.5 Å². The first-order valence-electron chi connectivity index (χ1n) is 39.3. The van der Waals surface area contributed by atoms with Crippen molar-refractivity contribution in [2.24, 2.45) is 0 Å². The van der Waals surface area contributed by atoms with E-state index < -0.39 is 84.1 Å². The van der Waals surface area contributed by atoms with Crippen LogP contribution in [0.5, 0.6) is 11.5 Å². The molecule has 4 heterocycles. The van der Waals surface area contributed by atoms with E-state index in [-0.39, 0.29) is 0 Å². The SMILES string of the molecule is C#CC#CC#CC#CC#COc1ccc(C2(c3ccc(OCCCCCCCCCC)cc3)c3cc(B4OC(C)(C)C(C)(C)O4)ccc3-c3ccc(B4OC(C)(C)C(C)(C)O4)cc32)cc1.Cc1ccc(C2(c3ccc(C)cc3)c3cc(B4OC(C)(C)C(C)(C)O4)ccc3-c3ccc(B4OC(C)(C)C(C)(C)O4)cc32)cc1. The summed E-state index contributed by atoms with van der Waals surface area (Å²) in [5.74, 6) is 21.8. The van der Waals surface area contributed by atoms with Crippen LogP contribution in [0.15, 0.2) is 170 Å². The summed E-state index contributed by atoms with van der Waals surface area (Å²) >= 11 is 0. The van der Waals surface area contributed by atoms with Crippen molar-refractivity contribution in [1.82, 2.24) is 0 Å². The summed E-state index contributed by atoms with van der Waals surface area (Å²) in [6.07, 6.45) is 17.8. The number of hydrogen-bond donors (Lipinski definition) is 0. The Balaban J connectivity index is 0.000000206. The van der Waals surface area contributed by atoms with E-state index in [9.17, 15) is 0 Å². The van der Waals surface area contributed by atoms with Gasteiger partial charge < -0.3 is 46.7 Å². The molecule has 10 nitrogen and oxygen atoms in total. The van der Waals surface area contributed by atoms with E-state index in [4.69, 9.17) is 53.1 Å². The van der Waals surface area contributed by atoms with Crippen LogP contribution >= 0.6 is 0 Å². The molecule has 0 amide bonds. The van der Waals surface area contributed by atoms with Crippen molar-refractivity contribution in [3.63, 3.8) is 0 Å². The minimum atomic E-state index is -0.809. The number of benzene rings is 8. The Morgan fingerprint density at radius 1 is 0.309 bits per heavy atom. The maximum Gasteiger partial charge on any atom is 0.494 e. The number of aryl methyl sites for hydroxylation is 2. The molecule has 6 aliphatic rings. The van der Waals surface area contributed by atoms with Crippen LogP contribution in [0.1, 0.15) is 225 Å². The van der Waals surface area contributed by atoms with Crippen molar-refractivity contribution >= 4 is 50.3 Å². The van der Waals surface area contributed by atoms with Crippen molar-refractivity contribution < 1.29 is 46.7 Å². The highest BCUT2D eigenvalue weighted by molar-refractivity contribution is 6.63. The van der Waals surface area contributed by atoms with E-state index in [1.54, 1.807) is 0 Å². The first kappa shape index (κ1) is 79.2. The van der Waals surface area contributed by atoms with Crippen molar-refractivity contribution in [3.05, 3.63) is 225 Å². The van der Waals surface area contributed by atoms with Gasteiger partial charge in [0.2, 0.25) is 0 Å². The van der Waals surface area contributed by atoms with E-state index in [0.717, 1.165) is 67.4 Å². The van der Waals surface area contributed by atoms with Crippen LogP contribution in [-0.2, 0) is 48.1 Å². The fourth-order valence-corrected chi connectivity index (χ4v) is 15.7. The van der Waals surface area contributed by atoms with Crippen molar-refractivity contribution in [1.29, 1.82) is 0 Å². The summed E-state index contributed by atoms with van der Waals surface area (Å²) in [6.45, 7) is 40.8. The lowest BCUT2D eigenvalue weighted by Crippen LogP contribution is -2.41. The standard InChI is InChI=1S/C57H60B2O6.C39H44B2O4/c1-11-13-15-17-19-21-23-25-39-60-47-33-27-43(28-34-47)57(44-29-35-48(36-30-44)61-40-26-24-22-20-18-16-14-12-2)51-41-45(58-62-53(3,4)54(5,6)63-58)31-37-49(51)50-38-32-46(42-52(50)57)59-64-55(7,8)56(9,10)65-59;1-25-11-15-27(16-12-25)39(28-17-13-26(2)14-18-28)33-23-29(40-42-35(3,4)36(5,6)43-40)19-21-31(33)32-22-20-30(24-34(32)39)41-44-37(7,8)38(9,10)45-41/h1,27-38,41-42H,12,14,16,18,20,22,24,26,40H2,2-10H3;11-24H,1-10H3. The number of ether oxygens (including phenoxy) is 2. The Kier molecular flexibility index (Phi) is 22.1. The van der Waals surface area contributed by atoms with Gasteiger partial charge in [0, 0.05) is 23.7 Å². The second-order valence-corrected chi connectivity index (χ2v) is 34.4. The molecule has 560 valence electrons. The zero-order valence-electron chi connectivity index (χ0n) is 68.0. The van der Waals surface area contributed by atoms with E-state index in [0.29, 0.717) is 12.4 Å². The zero-order valence-corrected chi connectivity index (χ0v) is 68.0. The Hall–Kier alpha value is -8.90. The molecule has 0 spiro atoms. The van der Waals surface area contributed by atoms with Gasteiger partial charge in [-0.25, -0.2) is 0 Å². The molecule has 8 aromatic rings. The lowest BCUT2D eigenvalue weighted by molar-refractivity contribution is 0.00578. The molecule has 0 aromatic heterocycles. The normalized spacial score (nSPS) is 19.1. The largest absolute Gasteiger partial charge is 0.494 e. The van der Waals surface area contributed by atoms with Crippen molar-refractivity contribution in [2.45, 2.75) is 239 Å². The smallest absolute Gasteiger partial charge is 0.494 e. The van der Waals surface area contributed by atoms with Gasteiger partial charge in [-0.05, 0) is 268 Å². The van der Waals surface area contributed by atoms with Gasteiger partial charge in [0.1, 0.15) is 17.6 Å². The summed E-state index contributed by atoms with van der Waals surface area (Å²) in [6, 6.07) is 61.6. The number of fused-ring (bicyclic) bond motifs is 6. The summed E-state index contributed by atoms with van der Waals surface area (Å²) in [7, 11) is -2.03. The van der Waals surface area contributed by atoms with Crippen LogP contribution in [0.4, 0.5) is 0 Å². The quantitative estimate of drug-likeness (QED) is 0.0443. The molecular formula is C96H104B4O10. The molecule has 0 unspecified atom stereocenters. The van der Waals surface area contributed by atoms with Gasteiger partial charge in [-0.1, -0.05) is 209 Å². The van der Waals surface area contributed by atoms with E-state index >= 15 is 0 Å². The Labute approximate surface area is 657 Å². The number of rotatable bonds is 19. The molecule has 2 aliphatic carbocycles. The van der Waals surface area contributed by atoms with Gasteiger partial charge in [-0.15, -0.1) is 6.42 Å². The van der Waals surface area contributed by atoms with Gasteiger partial charge in [0.25, 0.3) is 0 Å².